The van der Waals surface area contributed by atoms with Crippen LogP contribution in [0.4, 0.5) is 5.95 Å². The number of piperidine rings is 1. The second kappa shape index (κ2) is 9.45. The second-order valence-corrected chi connectivity index (χ2v) is 8.99. The molecule has 1 amide bonds. The van der Waals surface area contributed by atoms with Crippen LogP contribution in [0.1, 0.15) is 24.8 Å². The molecule has 1 aromatic heterocycles. The number of aromatic nitrogens is 2. The molecule has 1 aromatic carbocycles. The van der Waals surface area contributed by atoms with E-state index in [1.807, 2.05) is 12.1 Å². The van der Waals surface area contributed by atoms with E-state index in [4.69, 9.17) is 11.6 Å². The molecule has 3 rings (SSSR count). The molecule has 7 nitrogen and oxygen atoms in total. The van der Waals surface area contributed by atoms with Crippen LogP contribution in [0.3, 0.4) is 0 Å². The number of hydrogen-bond donors (Lipinski definition) is 1. The van der Waals surface area contributed by atoms with Crippen molar-refractivity contribution < 1.29 is 13.2 Å². The minimum atomic E-state index is -3.56. The summed E-state index contributed by atoms with van der Waals surface area (Å²) in [6.45, 7) is 0.619. The predicted octanol–water partition coefficient (Wildman–Crippen LogP) is 2.69. The molecule has 0 spiro atoms. The predicted molar refractivity (Wildman–Crippen MR) is 108 cm³/mol. The summed E-state index contributed by atoms with van der Waals surface area (Å²) in [6.07, 6.45) is 5.72. The fraction of sp³-hybridized carbons (Fsp3) is 0.421. The van der Waals surface area contributed by atoms with Gasteiger partial charge in [0.05, 0.1) is 4.90 Å². The van der Waals surface area contributed by atoms with Gasteiger partial charge in [0, 0.05) is 37.3 Å². The number of hydrogen-bond acceptors (Lipinski definition) is 5. The van der Waals surface area contributed by atoms with Gasteiger partial charge in [0.1, 0.15) is 0 Å². The zero-order valence-electron chi connectivity index (χ0n) is 15.4. The number of sulfonamides is 1. The van der Waals surface area contributed by atoms with Gasteiger partial charge in [-0.3, -0.25) is 10.1 Å². The van der Waals surface area contributed by atoms with Crippen LogP contribution in [-0.4, -0.2) is 47.6 Å². The zero-order chi connectivity index (χ0) is 20.0. The molecule has 0 bridgehead atoms. The number of halogens is 1. The number of anilines is 1. The van der Waals surface area contributed by atoms with Gasteiger partial charge in [-0.2, -0.15) is 4.31 Å². The van der Waals surface area contributed by atoms with Gasteiger partial charge in [0.25, 0.3) is 0 Å². The summed E-state index contributed by atoms with van der Waals surface area (Å²) in [6, 6.07) is 8.62. The van der Waals surface area contributed by atoms with Gasteiger partial charge < -0.3 is 0 Å². The molecule has 0 atom stereocenters. The SMILES string of the molecule is O=C(Nc1ncccn1)C1CCN(S(=O)(=O)c2ccc(CCCCl)cc2)CC1. The Morgan fingerprint density at radius 1 is 1.14 bits per heavy atom. The van der Waals surface area contributed by atoms with E-state index >= 15 is 0 Å². The molecule has 150 valence electrons. The maximum Gasteiger partial charge on any atom is 0.243 e. The molecular formula is C19H23ClN4O3S. The quantitative estimate of drug-likeness (QED) is 0.692. The number of benzene rings is 1. The zero-order valence-corrected chi connectivity index (χ0v) is 17.0. The Balaban J connectivity index is 1.58. The molecule has 1 fully saturated rings. The number of nitrogens with one attached hydrogen (secondary N) is 1. The highest BCUT2D eigenvalue weighted by atomic mass is 35.5. The Morgan fingerprint density at radius 3 is 2.39 bits per heavy atom. The molecule has 9 heteroatoms. The van der Waals surface area contributed by atoms with E-state index in [0.717, 1.165) is 18.4 Å². The smallest absolute Gasteiger partial charge is 0.243 e. The molecule has 0 aliphatic carbocycles. The van der Waals surface area contributed by atoms with Gasteiger partial charge in [-0.25, -0.2) is 18.4 Å². The summed E-state index contributed by atoms with van der Waals surface area (Å²) in [4.78, 5) is 20.6. The highest BCUT2D eigenvalue weighted by Gasteiger charge is 2.32. The van der Waals surface area contributed by atoms with E-state index in [1.54, 1.807) is 30.6 Å². The lowest BCUT2D eigenvalue weighted by Gasteiger charge is -2.30. The van der Waals surface area contributed by atoms with Crippen LogP contribution < -0.4 is 5.32 Å². The molecule has 0 saturated carbocycles. The van der Waals surface area contributed by atoms with Crippen molar-refractivity contribution in [3.8, 4) is 0 Å². The molecule has 1 aliphatic heterocycles. The third-order valence-corrected chi connectivity index (χ3v) is 6.97. The van der Waals surface area contributed by atoms with Gasteiger partial charge in [0.15, 0.2) is 0 Å². The van der Waals surface area contributed by atoms with Crippen molar-refractivity contribution in [3.63, 3.8) is 0 Å². The molecule has 1 saturated heterocycles. The Hall–Kier alpha value is -2.03. The van der Waals surface area contributed by atoms with E-state index in [9.17, 15) is 13.2 Å². The topological polar surface area (TPSA) is 92.3 Å². The first-order valence-electron chi connectivity index (χ1n) is 9.23. The third-order valence-electron chi connectivity index (χ3n) is 4.79. The summed E-state index contributed by atoms with van der Waals surface area (Å²) >= 11 is 5.70. The number of carbonyl (C=O) groups is 1. The van der Waals surface area contributed by atoms with Crippen LogP contribution in [0.5, 0.6) is 0 Å². The van der Waals surface area contributed by atoms with Gasteiger partial charge >= 0.3 is 0 Å². The van der Waals surface area contributed by atoms with Gasteiger partial charge in [-0.1, -0.05) is 12.1 Å². The summed E-state index contributed by atoms with van der Waals surface area (Å²) in [7, 11) is -3.56. The van der Waals surface area contributed by atoms with Gasteiger partial charge in [-0.05, 0) is 49.4 Å². The first-order chi connectivity index (χ1) is 13.5. The Labute approximate surface area is 170 Å². The van der Waals surface area contributed by atoms with E-state index < -0.39 is 10.0 Å². The largest absolute Gasteiger partial charge is 0.294 e. The maximum absolute atomic E-state index is 12.9. The average Bonchev–Trinajstić information content (AvgIpc) is 2.73. The van der Waals surface area contributed by atoms with Crippen LogP contribution in [0.15, 0.2) is 47.6 Å². The standard InChI is InChI=1S/C19H23ClN4O3S/c20-10-1-3-15-4-6-17(7-5-15)28(26,27)24-13-8-16(9-14-24)18(25)23-19-21-11-2-12-22-19/h2,4-7,11-12,16H,1,3,8-10,13-14H2,(H,21,22,23,25). The normalized spacial score (nSPS) is 16.0. The third kappa shape index (κ3) is 5.06. The molecule has 0 radical (unpaired) electrons. The van der Waals surface area contributed by atoms with Crippen molar-refractivity contribution in [2.45, 2.75) is 30.6 Å². The monoisotopic (exact) mass is 422 g/mol. The molecular weight excluding hydrogens is 400 g/mol. The minimum absolute atomic E-state index is 0.174. The number of amides is 1. The van der Waals surface area contributed by atoms with Crippen molar-refractivity contribution >= 4 is 33.5 Å². The van der Waals surface area contributed by atoms with Crippen LogP contribution in [0.2, 0.25) is 0 Å². The van der Waals surface area contributed by atoms with Crippen molar-refractivity contribution in [1.29, 1.82) is 0 Å². The number of alkyl halides is 1. The van der Waals surface area contributed by atoms with Gasteiger partial charge in [-0.15, -0.1) is 11.6 Å². The summed E-state index contributed by atoms with van der Waals surface area (Å²) < 4.78 is 27.2. The fourth-order valence-corrected chi connectivity index (χ4v) is 4.79. The van der Waals surface area contributed by atoms with Gasteiger partial charge in [0.2, 0.25) is 21.9 Å². The molecule has 1 aliphatic rings. The number of aryl methyl sites for hydroxylation is 1. The molecule has 1 N–H and O–H groups in total. The Morgan fingerprint density at radius 2 is 1.79 bits per heavy atom. The van der Waals surface area contributed by atoms with Crippen LogP contribution in [-0.2, 0) is 21.2 Å². The first kappa shape index (κ1) is 20.7. The first-order valence-corrected chi connectivity index (χ1v) is 11.2. The minimum Gasteiger partial charge on any atom is -0.294 e. The average molecular weight is 423 g/mol. The van der Waals surface area contributed by atoms with Crippen molar-refractivity contribution in [3.05, 3.63) is 48.3 Å². The lowest BCUT2D eigenvalue weighted by atomic mass is 9.97. The number of nitrogens with zero attached hydrogens (tertiary/aromatic N) is 3. The Bertz CT molecular complexity index is 883. The van der Waals surface area contributed by atoms with Crippen LogP contribution in [0.25, 0.3) is 0 Å². The number of carbonyl (C=O) groups excluding carboxylic acids is 1. The maximum atomic E-state index is 12.9. The lowest BCUT2D eigenvalue weighted by Crippen LogP contribution is -2.41. The van der Waals surface area contributed by atoms with E-state index in [-0.39, 0.29) is 22.7 Å². The van der Waals surface area contributed by atoms with Crippen molar-refractivity contribution in [2.75, 3.05) is 24.3 Å². The highest BCUT2D eigenvalue weighted by molar-refractivity contribution is 7.89. The number of rotatable bonds is 7. The van der Waals surface area contributed by atoms with Crippen molar-refractivity contribution in [1.82, 2.24) is 14.3 Å². The van der Waals surface area contributed by atoms with Crippen LogP contribution >= 0.6 is 11.6 Å². The summed E-state index contributed by atoms with van der Waals surface area (Å²) in [5.74, 6) is 0.413. The molecule has 2 aromatic rings. The molecule has 0 unspecified atom stereocenters. The highest BCUT2D eigenvalue weighted by Crippen LogP contribution is 2.25. The van der Waals surface area contributed by atoms with Crippen molar-refractivity contribution in [2.24, 2.45) is 5.92 Å². The fourth-order valence-electron chi connectivity index (χ4n) is 3.18. The Kier molecular flexibility index (Phi) is 6.98. The second-order valence-electron chi connectivity index (χ2n) is 6.68. The molecule has 28 heavy (non-hydrogen) atoms. The van der Waals surface area contributed by atoms with E-state index in [1.165, 1.54) is 4.31 Å². The lowest BCUT2D eigenvalue weighted by molar-refractivity contribution is -0.121. The summed E-state index contributed by atoms with van der Waals surface area (Å²) in [5.41, 5.74) is 1.07. The van der Waals surface area contributed by atoms with Crippen LogP contribution in [0, 0.1) is 5.92 Å². The molecule has 2 heterocycles. The van der Waals surface area contributed by atoms with E-state index in [2.05, 4.69) is 15.3 Å². The summed E-state index contributed by atoms with van der Waals surface area (Å²) in [5, 5.41) is 2.68. The van der Waals surface area contributed by atoms with E-state index in [0.29, 0.717) is 31.8 Å².